The number of para-hydroxylation sites is 1. The molecule has 39 heavy (non-hydrogen) atoms. The molecule has 1 aromatic heterocycles. The van der Waals surface area contributed by atoms with Crippen LogP contribution in [0.5, 0.6) is 0 Å². The number of nitriles is 1. The Balaban J connectivity index is 1.70. The number of hydrogen-bond acceptors (Lipinski definition) is 7. The molecule has 1 aliphatic rings. The van der Waals surface area contributed by atoms with Gasteiger partial charge in [0.25, 0.3) is 5.56 Å². The van der Waals surface area contributed by atoms with Crippen molar-refractivity contribution in [2.75, 3.05) is 44.8 Å². The van der Waals surface area contributed by atoms with E-state index in [4.69, 9.17) is 4.74 Å². The number of aromatic nitrogens is 1. The predicted octanol–water partition coefficient (Wildman–Crippen LogP) is 3.52. The monoisotopic (exact) mass is 544 g/mol. The number of thiazole rings is 1. The number of ether oxygens (including phenoxy) is 1. The van der Waals surface area contributed by atoms with Gasteiger partial charge in [0, 0.05) is 50.0 Å². The van der Waals surface area contributed by atoms with Gasteiger partial charge in [0.05, 0.1) is 17.7 Å². The highest BCUT2D eigenvalue weighted by Crippen LogP contribution is 2.23. The van der Waals surface area contributed by atoms with Crippen LogP contribution in [0.25, 0.3) is 11.6 Å². The number of anilines is 2. The third kappa shape index (κ3) is 6.93. The molecule has 0 amide bonds. The molecule has 1 fully saturated rings. The smallest absolute Gasteiger partial charge is 0.269 e. The maximum Gasteiger partial charge on any atom is 0.269 e. The molecule has 204 valence electrons. The van der Waals surface area contributed by atoms with Crippen molar-refractivity contribution in [2.45, 2.75) is 33.7 Å². The van der Waals surface area contributed by atoms with Crippen molar-refractivity contribution in [3.8, 4) is 6.07 Å². The molecule has 0 atom stereocenters. The summed E-state index contributed by atoms with van der Waals surface area (Å²) in [5, 5.41) is 9.98. The van der Waals surface area contributed by atoms with Gasteiger partial charge in [-0.2, -0.15) is 5.26 Å². The van der Waals surface area contributed by atoms with Crippen LogP contribution in [0.2, 0.25) is 0 Å². The molecule has 0 unspecified atom stereocenters. The molecular formula is C31H36N4O3S. The van der Waals surface area contributed by atoms with E-state index < -0.39 is 5.41 Å². The Bertz CT molecular complexity index is 1500. The van der Waals surface area contributed by atoms with Crippen molar-refractivity contribution in [1.29, 1.82) is 5.26 Å². The molecule has 3 aromatic rings. The van der Waals surface area contributed by atoms with Crippen LogP contribution in [0.4, 0.5) is 11.4 Å². The van der Waals surface area contributed by atoms with E-state index in [2.05, 4.69) is 28.0 Å². The normalized spacial score (nSPS) is 15.6. The van der Waals surface area contributed by atoms with Crippen LogP contribution in [0.1, 0.15) is 32.8 Å². The van der Waals surface area contributed by atoms with E-state index >= 15 is 0 Å². The molecule has 0 bridgehead atoms. The van der Waals surface area contributed by atoms with Crippen LogP contribution >= 0.6 is 11.3 Å². The number of carbonyl (C=O) groups excluding carboxylic acids is 1. The SMILES string of the molecule is CN(c1ccccc1)c1ccc(/C=c2\s/c(=C(\C#N)C(=O)C(C)(C)C)n(CCCN3CCOCC3)c2=O)cc1. The minimum atomic E-state index is -0.728. The molecule has 7 nitrogen and oxygen atoms in total. The Morgan fingerprint density at radius 1 is 1.05 bits per heavy atom. The number of benzene rings is 2. The topological polar surface area (TPSA) is 78.6 Å². The van der Waals surface area contributed by atoms with E-state index in [0.717, 1.165) is 56.2 Å². The average Bonchev–Trinajstić information content (AvgIpc) is 3.24. The van der Waals surface area contributed by atoms with E-state index in [9.17, 15) is 14.9 Å². The van der Waals surface area contributed by atoms with Crippen LogP contribution in [-0.2, 0) is 16.1 Å². The number of nitrogens with zero attached hydrogens (tertiary/aromatic N) is 4. The summed E-state index contributed by atoms with van der Waals surface area (Å²) < 4.78 is 8.00. The van der Waals surface area contributed by atoms with Gasteiger partial charge in [-0.15, -0.1) is 11.3 Å². The third-order valence-electron chi connectivity index (χ3n) is 6.82. The Hall–Kier alpha value is -3.51. The first-order valence-corrected chi connectivity index (χ1v) is 14.1. The Morgan fingerprint density at radius 2 is 1.69 bits per heavy atom. The summed E-state index contributed by atoms with van der Waals surface area (Å²) in [6, 6.07) is 20.2. The van der Waals surface area contributed by atoms with E-state index in [-0.39, 0.29) is 16.9 Å². The van der Waals surface area contributed by atoms with Gasteiger partial charge in [-0.05, 0) is 42.3 Å². The first-order chi connectivity index (χ1) is 18.7. The van der Waals surface area contributed by atoms with E-state index in [0.29, 0.717) is 15.7 Å². The molecule has 4 rings (SSSR count). The van der Waals surface area contributed by atoms with Crippen LogP contribution in [0, 0.1) is 16.7 Å². The highest BCUT2D eigenvalue weighted by atomic mass is 32.1. The van der Waals surface area contributed by atoms with Gasteiger partial charge < -0.3 is 9.64 Å². The van der Waals surface area contributed by atoms with Crippen LogP contribution in [0.3, 0.4) is 0 Å². The number of Topliss-reactive ketones (excluding diaryl/α,β-unsaturated/α-hetero) is 1. The lowest BCUT2D eigenvalue weighted by atomic mass is 9.87. The second kappa shape index (κ2) is 12.6. The lowest BCUT2D eigenvalue weighted by molar-refractivity contribution is -0.120. The van der Waals surface area contributed by atoms with Crippen LogP contribution in [0.15, 0.2) is 59.4 Å². The van der Waals surface area contributed by atoms with E-state index in [1.54, 1.807) is 25.3 Å². The number of rotatable bonds is 8. The molecule has 0 N–H and O–H groups in total. The Morgan fingerprint density at radius 3 is 2.31 bits per heavy atom. The van der Waals surface area contributed by atoms with Crippen molar-refractivity contribution in [3.63, 3.8) is 0 Å². The quantitative estimate of drug-likeness (QED) is 0.432. The van der Waals surface area contributed by atoms with Crippen LogP contribution in [-0.4, -0.2) is 55.1 Å². The maximum atomic E-state index is 13.6. The van der Waals surface area contributed by atoms with Crippen LogP contribution < -0.4 is 19.7 Å². The third-order valence-corrected chi connectivity index (χ3v) is 7.95. The predicted molar refractivity (Wildman–Crippen MR) is 158 cm³/mol. The van der Waals surface area contributed by atoms with Crippen molar-refractivity contribution in [2.24, 2.45) is 5.41 Å². The highest BCUT2D eigenvalue weighted by Gasteiger charge is 2.27. The van der Waals surface area contributed by atoms with Crippen molar-refractivity contribution < 1.29 is 9.53 Å². The number of carbonyl (C=O) groups is 1. The molecule has 8 heteroatoms. The molecule has 0 aliphatic carbocycles. The summed E-state index contributed by atoms with van der Waals surface area (Å²) in [5.41, 5.74) is 2.15. The fourth-order valence-electron chi connectivity index (χ4n) is 4.50. The summed E-state index contributed by atoms with van der Waals surface area (Å²) in [6.07, 6.45) is 2.59. The number of hydrogen-bond donors (Lipinski definition) is 0. The summed E-state index contributed by atoms with van der Waals surface area (Å²) in [4.78, 5) is 31.2. The van der Waals surface area contributed by atoms with Crippen molar-refractivity contribution in [3.05, 3.63) is 79.7 Å². The minimum Gasteiger partial charge on any atom is -0.379 e. The fraction of sp³-hybridized carbons (Fsp3) is 0.387. The second-order valence-electron chi connectivity index (χ2n) is 10.7. The van der Waals surface area contributed by atoms with Gasteiger partial charge >= 0.3 is 0 Å². The summed E-state index contributed by atoms with van der Waals surface area (Å²) >= 11 is 1.22. The molecule has 2 heterocycles. The van der Waals surface area contributed by atoms with Gasteiger partial charge in [-0.25, -0.2) is 0 Å². The lowest BCUT2D eigenvalue weighted by Crippen LogP contribution is -2.39. The van der Waals surface area contributed by atoms with Gasteiger partial charge in [0.15, 0.2) is 5.78 Å². The maximum absolute atomic E-state index is 13.6. The van der Waals surface area contributed by atoms with Crippen molar-refractivity contribution >= 4 is 40.1 Å². The Labute approximate surface area is 233 Å². The van der Waals surface area contributed by atoms with Gasteiger partial charge in [-0.3, -0.25) is 19.1 Å². The van der Waals surface area contributed by atoms with Crippen molar-refractivity contribution in [1.82, 2.24) is 9.47 Å². The standard InChI is InChI=1S/C31H36N4O3S/c1-31(2,3)28(36)26(22-32)30-35(16-8-15-34-17-19-38-20-18-34)29(37)27(39-30)21-23-11-13-25(14-12-23)33(4)24-9-6-5-7-10-24/h5-7,9-14,21H,8,15-20H2,1-4H3/b27-21-,30-26+. The lowest BCUT2D eigenvalue weighted by Gasteiger charge is -2.26. The molecular weight excluding hydrogens is 508 g/mol. The molecule has 0 radical (unpaired) electrons. The summed E-state index contributed by atoms with van der Waals surface area (Å²) in [5.74, 6) is -0.256. The molecule has 0 spiro atoms. The Kier molecular flexibility index (Phi) is 9.18. The van der Waals surface area contributed by atoms with Gasteiger partial charge in [0.2, 0.25) is 0 Å². The average molecular weight is 545 g/mol. The summed E-state index contributed by atoms with van der Waals surface area (Å²) in [7, 11) is 2.01. The summed E-state index contributed by atoms with van der Waals surface area (Å²) in [6.45, 7) is 9.84. The number of ketones is 1. The highest BCUT2D eigenvalue weighted by molar-refractivity contribution is 7.07. The molecule has 2 aromatic carbocycles. The zero-order chi connectivity index (χ0) is 28.0. The molecule has 0 saturated carbocycles. The van der Waals surface area contributed by atoms with Gasteiger partial charge in [0.1, 0.15) is 16.3 Å². The first-order valence-electron chi connectivity index (χ1n) is 13.3. The van der Waals surface area contributed by atoms with E-state index in [1.807, 2.05) is 55.6 Å². The number of morpholine rings is 1. The largest absolute Gasteiger partial charge is 0.379 e. The van der Waals surface area contributed by atoms with Gasteiger partial charge in [-0.1, -0.05) is 51.1 Å². The molecule has 1 aliphatic heterocycles. The van der Waals surface area contributed by atoms with E-state index in [1.165, 1.54) is 11.3 Å². The molecule has 1 saturated heterocycles. The zero-order valence-electron chi connectivity index (χ0n) is 23.1. The fourth-order valence-corrected chi connectivity index (χ4v) is 5.63. The minimum absolute atomic E-state index is 0.0513. The zero-order valence-corrected chi connectivity index (χ0v) is 24.0. The first kappa shape index (κ1) is 28.5. The second-order valence-corrected chi connectivity index (χ2v) is 11.8.